The average molecular weight is 399 g/mol. The van der Waals surface area contributed by atoms with Gasteiger partial charge < -0.3 is 4.74 Å². The van der Waals surface area contributed by atoms with Gasteiger partial charge in [0.2, 0.25) is 0 Å². The fourth-order valence-electron chi connectivity index (χ4n) is 2.83. The number of benzene rings is 2. The first kappa shape index (κ1) is 19.7. The minimum absolute atomic E-state index is 0.216. The van der Waals surface area contributed by atoms with Crippen molar-refractivity contribution in [3.63, 3.8) is 0 Å². The van der Waals surface area contributed by atoms with Gasteiger partial charge in [-0.15, -0.1) is 0 Å². The standard InChI is InChI=1S/C21H23N3O3S/c1-3-24(18-7-5-4-6-8-18)28(25,26)20-13-14-21(23-16-20)22-15-17-9-11-19(27-2)12-10-17/h4-14,16H,3,15H2,1-2H3,(H,22,23)/p+1. The second kappa shape index (κ2) is 8.75. The molecule has 0 radical (unpaired) electrons. The molecule has 0 fully saturated rings. The van der Waals surface area contributed by atoms with E-state index in [9.17, 15) is 8.42 Å². The predicted octanol–water partition coefficient (Wildman–Crippen LogP) is 3.34. The number of sulfonamides is 1. The predicted molar refractivity (Wildman–Crippen MR) is 110 cm³/mol. The van der Waals surface area contributed by atoms with Gasteiger partial charge in [0.25, 0.3) is 15.8 Å². The van der Waals surface area contributed by atoms with Crippen LogP contribution in [-0.4, -0.2) is 22.1 Å². The van der Waals surface area contributed by atoms with Crippen molar-refractivity contribution in [2.24, 2.45) is 0 Å². The summed E-state index contributed by atoms with van der Waals surface area (Å²) in [7, 11) is -2.00. The Morgan fingerprint density at radius 3 is 2.29 bits per heavy atom. The molecule has 0 amide bonds. The molecule has 28 heavy (non-hydrogen) atoms. The molecule has 0 bridgehead atoms. The van der Waals surface area contributed by atoms with Crippen molar-refractivity contribution in [3.05, 3.63) is 78.5 Å². The van der Waals surface area contributed by atoms with E-state index in [0.29, 0.717) is 18.8 Å². The van der Waals surface area contributed by atoms with Gasteiger partial charge in [-0.1, -0.05) is 30.3 Å². The molecule has 3 rings (SSSR count). The van der Waals surface area contributed by atoms with Crippen LogP contribution in [-0.2, 0) is 16.6 Å². The molecule has 7 heteroatoms. The van der Waals surface area contributed by atoms with Gasteiger partial charge in [-0.3, -0.25) is 9.62 Å². The summed E-state index contributed by atoms with van der Waals surface area (Å²) in [6.07, 6.45) is 1.51. The first-order valence-electron chi connectivity index (χ1n) is 9.01. The van der Waals surface area contributed by atoms with E-state index in [-0.39, 0.29) is 4.90 Å². The number of rotatable bonds is 8. The molecule has 2 N–H and O–H groups in total. The number of nitrogens with zero attached hydrogens (tertiary/aromatic N) is 1. The fraction of sp³-hybridized carbons (Fsp3) is 0.190. The maximum atomic E-state index is 13.0. The summed E-state index contributed by atoms with van der Waals surface area (Å²) < 4.78 is 32.5. The summed E-state index contributed by atoms with van der Waals surface area (Å²) in [4.78, 5) is 3.24. The number of para-hydroxylation sites is 1. The zero-order valence-corrected chi connectivity index (χ0v) is 16.7. The highest BCUT2D eigenvalue weighted by atomic mass is 32.2. The monoisotopic (exact) mass is 398 g/mol. The number of pyridine rings is 1. The van der Waals surface area contributed by atoms with Crippen LogP contribution in [0.3, 0.4) is 0 Å². The number of hydrogen-bond acceptors (Lipinski definition) is 4. The maximum Gasteiger partial charge on any atom is 0.272 e. The SMILES string of the molecule is CCN(c1ccccc1)S(=O)(=O)c1ccc(NCc2ccc(OC)cc2)[nH+]c1. The summed E-state index contributed by atoms with van der Waals surface area (Å²) in [5.74, 6) is 1.54. The highest BCUT2D eigenvalue weighted by molar-refractivity contribution is 7.92. The Morgan fingerprint density at radius 2 is 1.71 bits per heavy atom. The molecule has 1 heterocycles. The van der Waals surface area contributed by atoms with Crippen molar-refractivity contribution in [2.45, 2.75) is 18.4 Å². The molecule has 0 saturated carbocycles. The molecule has 146 valence electrons. The second-order valence-corrected chi connectivity index (χ2v) is 8.01. The van der Waals surface area contributed by atoms with E-state index in [2.05, 4.69) is 10.3 Å². The third kappa shape index (κ3) is 4.43. The lowest BCUT2D eigenvalue weighted by molar-refractivity contribution is -0.364. The van der Waals surface area contributed by atoms with Gasteiger partial charge in [0.1, 0.15) is 23.4 Å². The third-order valence-corrected chi connectivity index (χ3v) is 6.24. The zero-order chi connectivity index (χ0) is 20.0. The van der Waals surface area contributed by atoms with Crippen LogP contribution in [0.5, 0.6) is 5.75 Å². The first-order chi connectivity index (χ1) is 13.5. The molecule has 0 aliphatic heterocycles. The molecule has 0 saturated heterocycles. The normalized spacial score (nSPS) is 11.1. The Hall–Kier alpha value is -3.06. The minimum Gasteiger partial charge on any atom is -0.497 e. The molecule has 0 atom stereocenters. The van der Waals surface area contributed by atoms with E-state index in [1.165, 1.54) is 10.5 Å². The van der Waals surface area contributed by atoms with Crippen molar-refractivity contribution in [3.8, 4) is 5.75 Å². The van der Waals surface area contributed by atoms with Gasteiger partial charge in [0, 0.05) is 12.6 Å². The van der Waals surface area contributed by atoms with Crippen LogP contribution < -0.4 is 19.3 Å². The number of H-pyrrole nitrogens is 1. The third-order valence-electron chi connectivity index (χ3n) is 4.35. The van der Waals surface area contributed by atoms with Crippen molar-refractivity contribution in [1.29, 1.82) is 0 Å². The van der Waals surface area contributed by atoms with E-state index < -0.39 is 10.0 Å². The van der Waals surface area contributed by atoms with Gasteiger partial charge >= 0.3 is 0 Å². The Morgan fingerprint density at radius 1 is 1.00 bits per heavy atom. The molecule has 0 aliphatic carbocycles. The molecular formula is C21H24N3O3S+. The van der Waals surface area contributed by atoms with Crippen LogP contribution in [0, 0.1) is 0 Å². The van der Waals surface area contributed by atoms with Crippen molar-refractivity contribution < 1.29 is 18.1 Å². The topological polar surface area (TPSA) is 72.8 Å². The highest BCUT2D eigenvalue weighted by Gasteiger charge is 2.24. The van der Waals surface area contributed by atoms with Crippen LogP contribution >= 0.6 is 0 Å². The van der Waals surface area contributed by atoms with E-state index in [1.54, 1.807) is 31.4 Å². The summed E-state index contributed by atoms with van der Waals surface area (Å²) in [5.41, 5.74) is 1.74. The van der Waals surface area contributed by atoms with Gasteiger partial charge in [0.05, 0.1) is 12.8 Å². The quantitative estimate of drug-likeness (QED) is 0.632. The van der Waals surface area contributed by atoms with Crippen molar-refractivity contribution in [1.82, 2.24) is 0 Å². The first-order valence-corrected chi connectivity index (χ1v) is 10.4. The van der Waals surface area contributed by atoms with Gasteiger partial charge in [-0.2, -0.15) is 0 Å². The molecule has 3 aromatic rings. The number of hydrogen-bond donors (Lipinski definition) is 1. The minimum atomic E-state index is -3.64. The van der Waals surface area contributed by atoms with Crippen LogP contribution in [0.25, 0.3) is 0 Å². The Bertz CT molecular complexity index is 989. The number of nitrogens with one attached hydrogen (secondary N) is 2. The summed E-state index contributed by atoms with van der Waals surface area (Å²) >= 11 is 0. The van der Waals surface area contributed by atoms with Crippen molar-refractivity contribution >= 4 is 21.5 Å². The molecule has 1 aromatic heterocycles. The smallest absolute Gasteiger partial charge is 0.272 e. The Balaban J connectivity index is 1.71. The largest absolute Gasteiger partial charge is 0.497 e. The van der Waals surface area contributed by atoms with E-state index >= 15 is 0 Å². The lowest BCUT2D eigenvalue weighted by Crippen LogP contribution is -2.31. The molecular weight excluding hydrogens is 374 g/mol. The maximum absolute atomic E-state index is 13.0. The molecule has 0 aliphatic rings. The second-order valence-electron chi connectivity index (χ2n) is 6.15. The lowest BCUT2D eigenvalue weighted by atomic mass is 10.2. The molecule has 0 spiro atoms. The zero-order valence-electron chi connectivity index (χ0n) is 15.9. The summed E-state index contributed by atoms with van der Waals surface area (Å²) in [6.45, 7) is 2.78. The highest BCUT2D eigenvalue weighted by Crippen LogP contribution is 2.22. The number of aromatic amines is 1. The molecule has 0 unspecified atom stereocenters. The summed E-state index contributed by atoms with van der Waals surface area (Å²) in [6, 6.07) is 20.2. The number of aromatic nitrogens is 1. The van der Waals surface area contributed by atoms with Gasteiger partial charge in [-0.25, -0.2) is 13.4 Å². The number of methoxy groups -OCH3 is 1. The molecule has 6 nitrogen and oxygen atoms in total. The molecule has 2 aromatic carbocycles. The van der Waals surface area contributed by atoms with Crippen molar-refractivity contribution in [2.75, 3.05) is 23.3 Å². The van der Waals surface area contributed by atoms with Crippen LogP contribution in [0.1, 0.15) is 12.5 Å². The lowest BCUT2D eigenvalue weighted by Gasteiger charge is -2.22. The number of anilines is 2. The Labute approximate surface area is 165 Å². The van der Waals surface area contributed by atoms with Crippen LogP contribution in [0.15, 0.2) is 77.8 Å². The van der Waals surface area contributed by atoms with E-state index in [0.717, 1.165) is 17.1 Å². The van der Waals surface area contributed by atoms with Crippen LogP contribution in [0.2, 0.25) is 0 Å². The fourth-order valence-corrected chi connectivity index (χ4v) is 4.28. The number of ether oxygens (including phenoxy) is 1. The van der Waals surface area contributed by atoms with Crippen LogP contribution in [0.4, 0.5) is 11.5 Å². The average Bonchev–Trinajstić information content (AvgIpc) is 2.74. The van der Waals surface area contributed by atoms with E-state index in [1.807, 2.05) is 49.4 Å². The van der Waals surface area contributed by atoms with Gasteiger partial charge in [0.15, 0.2) is 0 Å². The Kier molecular flexibility index (Phi) is 6.16. The van der Waals surface area contributed by atoms with Gasteiger partial charge in [-0.05, 0) is 42.8 Å². The van der Waals surface area contributed by atoms with E-state index in [4.69, 9.17) is 4.74 Å². The summed E-state index contributed by atoms with van der Waals surface area (Å²) in [5, 5.41) is 3.25.